The molecule has 0 aromatic rings. The van der Waals surface area contributed by atoms with Crippen LogP contribution < -0.4 is 0 Å². The molecule has 2 rings (SSSR count). The molecule has 2 fully saturated rings. The topological polar surface area (TPSA) is 34.1 Å². The number of hydrogen-bond acceptors (Lipinski definition) is 2. The van der Waals surface area contributed by atoms with Gasteiger partial charge in [-0.2, -0.15) is 0 Å². The van der Waals surface area contributed by atoms with Crippen LogP contribution in [-0.2, 0) is 9.84 Å². The Morgan fingerprint density at radius 1 is 1.38 bits per heavy atom. The van der Waals surface area contributed by atoms with Crippen molar-refractivity contribution in [1.82, 2.24) is 0 Å². The second kappa shape index (κ2) is 1.10. The van der Waals surface area contributed by atoms with Gasteiger partial charge in [-0.1, -0.05) is 0 Å². The number of hydrogen-bond donors (Lipinski definition) is 0. The van der Waals surface area contributed by atoms with Crippen LogP contribution in [0.1, 0.15) is 12.8 Å². The van der Waals surface area contributed by atoms with Crippen molar-refractivity contribution >= 4 is 9.84 Å². The lowest BCUT2D eigenvalue weighted by Gasteiger charge is -1.88. The van der Waals surface area contributed by atoms with Crippen LogP contribution in [-0.4, -0.2) is 19.4 Å². The van der Waals surface area contributed by atoms with Crippen molar-refractivity contribution in [3.05, 3.63) is 0 Å². The van der Waals surface area contributed by atoms with Crippen LogP contribution in [0.15, 0.2) is 0 Å². The van der Waals surface area contributed by atoms with E-state index < -0.39 is 9.84 Å². The van der Waals surface area contributed by atoms with Crippen molar-refractivity contribution < 1.29 is 8.42 Å². The Morgan fingerprint density at radius 2 is 2.12 bits per heavy atom. The van der Waals surface area contributed by atoms with Crippen molar-refractivity contribution in [3.63, 3.8) is 0 Å². The molecule has 0 spiro atoms. The first-order valence-electron chi connectivity index (χ1n) is 2.92. The zero-order chi connectivity index (χ0) is 5.78. The molecule has 1 saturated heterocycles. The Kier molecular flexibility index (Phi) is 0.660. The summed E-state index contributed by atoms with van der Waals surface area (Å²) in [7, 11) is -2.55. The van der Waals surface area contributed by atoms with E-state index in [0.29, 0.717) is 11.7 Å². The standard InChI is InChI=1S/C5H8O2S/c6-8(7)2-1-4-3-5(4)8/h4-5H,1-3H2/t4-,5+/m1/s1. The minimum absolute atomic E-state index is 0.0995. The summed E-state index contributed by atoms with van der Waals surface area (Å²) in [6.45, 7) is 0. The molecule has 0 aromatic carbocycles. The largest absolute Gasteiger partial charge is 0.229 e. The number of fused-ring (bicyclic) bond motifs is 1. The lowest BCUT2D eigenvalue weighted by molar-refractivity contribution is 0.598. The molecule has 46 valence electrons. The van der Waals surface area contributed by atoms with Crippen molar-refractivity contribution in [1.29, 1.82) is 0 Å². The van der Waals surface area contributed by atoms with Gasteiger partial charge < -0.3 is 0 Å². The minimum Gasteiger partial charge on any atom is -0.229 e. The molecule has 0 aromatic heterocycles. The molecule has 1 aliphatic heterocycles. The van der Waals surface area contributed by atoms with E-state index >= 15 is 0 Å². The van der Waals surface area contributed by atoms with Gasteiger partial charge in [-0.25, -0.2) is 8.42 Å². The van der Waals surface area contributed by atoms with E-state index in [2.05, 4.69) is 0 Å². The van der Waals surface area contributed by atoms with Crippen LogP contribution in [0.5, 0.6) is 0 Å². The van der Waals surface area contributed by atoms with Gasteiger partial charge in [0.2, 0.25) is 0 Å². The third-order valence-corrected chi connectivity index (χ3v) is 4.40. The predicted octanol–water partition coefficient (Wildman–Crippen LogP) is 0.193. The summed E-state index contributed by atoms with van der Waals surface area (Å²) in [5.41, 5.74) is 0. The Hall–Kier alpha value is -0.0500. The maximum atomic E-state index is 10.8. The molecule has 1 aliphatic carbocycles. The molecule has 0 radical (unpaired) electrons. The quantitative estimate of drug-likeness (QED) is 0.471. The fraction of sp³-hybridized carbons (Fsp3) is 1.00. The predicted molar refractivity (Wildman–Crippen MR) is 30.3 cm³/mol. The van der Waals surface area contributed by atoms with E-state index in [1.807, 2.05) is 0 Å². The van der Waals surface area contributed by atoms with E-state index in [-0.39, 0.29) is 5.25 Å². The van der Waals surface area contributed by atoms with E-state index in [4.69, 9.17) is 0 Å². The van der Waals surface area contributed by atoms with E-state index in [9.17, 15) is 8.42 Å². The second-order valence-electron chi connectivity index (χ2n) is 2.69. The molecule has 0 bridgehead atoms. The van der Waals surface area contributed by atoms with Gasteiger partial charge in [-0.3, -0.25) is 0 Å². The zero-order valence-electron chi connectivity index (χ0n) is 4.50. The zero-order valence-corrected chi connectivity index (χ0v) is 5.32. The smallest absolute Gasteiger partial charge is 0.153 e. The van der Waals surface area contributed by atoms with Crippen molar-refractivity contribution in [2.75, 3.05) is 5.75 Å². The minimum atomic E-state index is -2.55. The van der Waals surface area contributed by atoms with Crippen molar-refractivity contribution in [2.24, 2.45) is 5.92 Å². The Balaban J connectivity index is 2.42. The molecular weight excluding hydrogens is 124 g/mol. The lowest BCUT2D eigenvalue weighted by atomic mass is 10.3. The van der Waals surface area contributed by atoms with Crippen LogP contribution in [0.25, 0.3) is 0 Å². The molecule has 1 heterocycles. The fourth-order valence-corrected chi connectivity index (χ4v) is 3.63. The summed E-state index contributed by atoms with van der Waals surface area (Å²) in [5, 5.41) is 0.0995. The van der Waals surface area contributed by atoms with Crippen LogP contribution in [0.4, 0.5) is 0 Å². The van der Waals surface area contributed by atoms with E-state index in [1.54, 1.807) is 0 Å². The average Bonchev–Trinajstić information content (AvgIpc) is 2.34. The first-order chi connectivity index (χ1) is 3.70. The highest BCUT2D eigenvalue weighted by Gasteiger charge is 2.52. The van der Waals surface area contributed by atoms with Gasteiger partial charge in [0.1, 0.15) is 0 Å². The average molecular weight is 132 g/mol. The Labute approximate surface area is 48.8 Å². The third-order valence-electron chi connectivity index (χ3n) is 2.09. The first kappa shape index (κ1) is 4.79. The Morgan fingerprint density at radius 3 is 2.25 bits per heavy atom. The summed E-state index contributed by atoms with van der Waals surface area (Å²) < 4.78 is 21.6. The maximum absolute atomic E-state index is 10.8. The normalized spacial score (nSPS) is 48.5. The molecule has 0 unspecified atom stereocenters. The molecule has 3 heteroatoms. The van der Waals surface area contributed by atoms with Crippen LogP contribution in [0.2, 0.25) is 0 Å². The van der Waals surface area contributed by atoms with Gasteiger partial charge in [0.05, 0.1) is 11.0 Å². The van der Waals surface area contributed by atoms with Crippen LogP contribution in [0.3, 0.4) is 0 Å². The molecule has 2 atom stereocenters. The van der Waals surface area contributed by atoms with Crippen molar-refractivity contribution in [3.8, 4) is 0 Å². The van der Waals surface area contributed by atoms with Gasteiger partial charge in [0.15, 0.2) is 9.84 Å². The monoisotopic (exact) mass is 132 g/mol. The second-order valence-corrected chi connectivity index (χ2v) is 5.03. The van der Waals surface area contributed by atoms with Gasteiger partial charge >= 0.3 is 0 Å². The van der Waals surface area contributed by atoms with Gasteiger partial charge in [0.25, 0.3) is 0 Å². The summed E-state index contributed by atoms with van der Waals surface area (Å²) in [6.07, 6.45) is 1.90. The SMILES string of the molecule is O=S1(=O)CC[C@@H]2C[C@@H]21. The maximum Gasteiger partial charge on any atom is 0.153 e. The van der Waals surface area contributed by atoms with Crippen LogP contribution >= 0.6 is 0 Å². The Bertz CT molecular complexity index is 204. The molecule has 2 nitrogen and oxygen atoms in total. The molecule has 2 aliphatic rings. The lowest BCUT2D eigenvalue weighted by Crippen LogP contribution is -2.04. The van der Waals surface area contributed by atoms with E-state index in [0.717, 1.165) is 12.8 Å². The highest BCUT2D eigenvalue weighted by atomic mass is 32.2. The summed E-state index contributed by atoms with van der Waals surface area (Å²) in [5.74, 6) is 1.03. The van der Waals surface area contributed by atoms with Gasteiger partial charge in [-0.05, 0) is 18.8 Å². The molecule has 0 amide bonds. The third kappa shape index (κ3) is 0.452. The number of rotatable bonds is 0. The van der Waals surface area contributed by atoms with Gasteiger partial charge in [0, 0.05) is 0 Å². The van der Waals surface area contributed by atoms with Crippen LogP contribution in [0, 0.1) is 5.92 Å². The highest BCUT2D eigenvalue weighted by molar-refractivity contribution is 7.92. The molecule has 0 N–H and O–H groups in total. The summed E-state index contributed by atoms with van der Waals surface area (Å²) in [4.78, 5) is 0. The number of sulfone groups is 1. The summed E-state index contributed by atoms with van der Waals surface area (Å²) >= 11 is 0. The molecular formula is C5H8O2S. The first-order valence-corrected chi connectivity index (χ1v) is 4.63. The van der Waals surface area contributed by atoms with Crippen molar-refractivity contribution in [2.45, 2.75) is 18.1 Å². The van der Waals surface area contributed by atoms with Gasteiger partial charge in [-0.15, -0.1) is 0 Å². The summed E-state index contributed by atoms with van der Waals surface area (Å²) in [6, 6.07) is 0. The molecule has 1 saturated carbocycles. The molecule has 8 heavy (non-hydrogen) atoms. The fourth-order valence-electron chi connectivity index (χ4n) is 1.43. The highest BCUT2D eigenvalue weighted by Crippen LogP contribution is 2.46. The van der Waals surface area contributed by atoms with E-state index in [1.165, 1.54) is 0 Å².